The molecule has 1 spiro atoms. The van der Waals surface area contributed by atoms with Gasteiger partial charge in [0.1, 0.15) is 11.9 Å². The van der Waals surface area contributed by atoms with E-state index < -0.39 is 11.0 Å². The maximum atomic E-state index is 12.7. The highest BCUT2D eigenvalue weighted by atomic mass is 16.6. The van der Waals surface area contributed by atoms with Crippen LogP contribution in [0.15, 0.2) is 24.3 Å². The quantitative estimate of drug-likeness (QED) is 0.673. The molecule has 1 saturated carbocycles. The zero-order valence-corrected chi connectivity index (χ0v) is 15.0. The number of esters is 1. The number of anilines is 1. The molecule has 5 nitrogen and oxygen atoms in total. The van der Waals surface area contributed by atoms with Crippen LogP contribution in [0, 0.1) is 11.8 Å². The van der Waals surface area contributed by atoms with E-state index in [1.807, 2.05) is 45.0 Å². The van der Waals surface area contributed by atoms with Crippen molar-refractivity contribution in [1.29, 1.82) is 0 Å². The molecule has 1 fully saturated rings. The van der Waals surface area contributed by atoms with Crippen molar-refractivity contribution < 1.29 is 19.1 Å². The zero-order chi connectivity index (χ0) is 18.2. The summed E-state index contributed by atoms with van der Waals surface area (Å²) in [6, 6.07) is 7.67. The second-order valence-corrected chi connectivity index (χ2v) is 8.18. The molecule has 1 aliphatic heterocycles. The summed E-state index contributed by atoms with van der Waals surface area (Å²) in [6.07, 6.45) is 2.89. The standard InChI is InChI=1S/C20H25NO4/c1-19(2,3)25-17(23)9-8-13-10-20(11-14(13)12-22)15-6-4-5-7-16(15)21-18(20)24/h4-7,12-14H,8-11H2,1-3H3,(H,21,24)/t13?,14-,20+/m0/s1. The van der Waals surface area contributed by atoms with Crippen LogP contribution in [0.25, 0.3) is 0 Å². The van der Waals surface area contributed by atoms with Gasteiger partial charge in [-0.15, -0.1) is 0 Å². The lowest BCUT2D eigenvalue weighted by atomic mass is 9.79. The largest absolute Gasteiger partial charge is 0.460 e. The Morgan fingerprint density at radius 3 is 2.72 bits per heavy atom. The van der Waals surface area contributed by atoms with Crippen molar-refractivity contribution in [3.8, 4) is 0 Å². The molecule has 1 heterocycles. The third kappa shape index (κ3) is 3.32. The van der Waals surface area contributed by atoms with Crippen LogP contribution in [-0.4, -0.2) is 23.8 Å². The van der Waals surface area contributed by atoms with Crippen LogP contribution in [0.5, 0.6) is 0 Å². The van der Waals surface area contributed by atoms with Gasteiger partial charge in [-0.25, -0.2) is 0 Å². The first kappa shape index (κ1) is 17.6. The molecule has 1 aliphatic carbocycles. The fraction of sp³-hybridized carbons (Fsp3) is 0.550. The maximum absolute atomic E-state index is 12.7. The molecule has 0 saturated heterocycles. The van der Waals surface area contributed by atoms with E-state index in [4.69, 9.17) is 4.74 Å². The smallest absolute Gasteiger partial charge is 0.306 e. The summed E-state index contributed by atoms with van der Waals surface area (Å²) < 4.78 is 5.35. The molecule has 2 aliphatic rings. The lowest BCUT2D eigenvalue weighted by molar-refractivity contribution is -0.155. The van der Waals surface area contributed by atoms with E-state index in [0.717, 1.165) is 17.5 Å². The number of hydrogen-bond acceptors (Lipinski definition) is 4. The number of carbonyl (C=O) groups is 3. The lowest BCUT2D eigenvalue weighted by Gasteiger charge is -2.22. The molecule has 0 radical (unpaired) electrons. The predicted octanol–water partition coefficient (Wildman–Crippen LogP) is 3.22. The summed E-state index contributed by atoms with van der Waals surface area (Å²) in [7, 11) is 0. The van der Waals surface area contributed by atoms with Crippen molar-refractivity contribution in [2.75, 3.05) is 5.32 Å². The van der Waals surface area contributed by atoms with Crippen LogP contribution >= 0.6 is 0 Å². The second-order valence-electron chi connectivity index (χ2n) is 8.18. The third-order valence-electron chi connectivity index (χ3n) is 5.24. The summed E-state index contributed by atoms with van der Waals surface area (Å²) in [5, 5.41) is 2.94. The minimum Gasteiger partial charge on any atom is -0.460 e. The van der Waals surface area contributed by atoms with Crippen LogP contribution in [0.3, 0.4) is 0 Å². The van der Waals surface area contributed by atoms with Gasteiger partial charge in [0.15, 0.2) is 0 Å². The molecule has 1 aromatic rings. The van der Waals surface area contributed by atoms with Crippen molar-refractivity contribution in [3.63, 3.8) is 0 Å². The molecular formula is C20H25NO4. The highest BCUT2D eigenvalue weighted by Crippen LogP contribution is 2.53. The molecule has 1 amide bonds. The summed E-state index contributed by atoms with van der Waals surface area (Å²) in [5.41, 5.74) is 0.667. The number of nitrogens with one attached hydrogen (secondary N) is 1. The number of amides is 1. The van der Waals surface area contributed by atoms with Gasteiger partial charge in [0.05, 0.1) is 5.41 Å². The zero-order valence-electron chi connectivity index (χ0n) is 15.0. The van der Waals surface area contributed by atoms with Gasteiger partial charge in [-0.3, -0.25) is 9.59 Å². The van der Waals surface area contributed by atoms with Gasteiger partial charge in [0.2, 0.25) is 5.91 Å². The Balaban J connectivity index is 1.74. The summed E-state index contributed by atoms with van der Waals surface area (Å²) >= 11 is 0. The van der Waals surface area contributed by atoms with E-state index in [1.54, 1.807) is 0 Å². The van der Waals surface area contributed by atoms with Gasteiger partial charge in [0, 0.05) is 18.0 Å². The monoisotopic (exact) mass is 343 g/mol. The number of benzene rings is 1. The fourth-order valence-corrected chi connectivity index (χ4v) is 4.20. The van der Waals surface area contributed by atoms with Crippen molar-refractivity contribution in [2.45, 2.75) is 57.5 Å². The average Bonchev–Trinajstić information content (AvgIpc) is 3.03. The van der Waals surface area contributed by atoms with E-state index in [-0.39, 0.29) is 30.1 Å². The second kappa shape index (κ2) is 6.28. The van der Waals surface area contributed by atoms with Crippen LogP contribution in [0.2, 0.25) is 0 Å². The Kier molecular flexibility index (Phi) is 4.43. The first-order valence-corrected chi connectivity index (χ1v) is 8.83. The van der Waals surface area contributed by atoms with E-state index in [0.29, 0.717) is 19.3 Å². The molecule has 0 bridgehead atoms. The van der Waals surface area contributed by atoms with Gasteiger partial charge in [-0.2, -0.15) is 0 Å². The molecule has 5 heteroatoms. The first-order valence-electron chi connectivity index (χ1n) is 8.83. The topological polar surface area (TPSA) is 72.5 Å². The first-order chi connectivity index (χ1) is 11.7. The van der Waals surface area contributed by atoms with Crippen LogP contribution < -0.4 is 5.32 Å². The molecule has 1 unspecified atom stereocenters. The van der Waals surface area contributed by atoms with E-state index in [9.17, 15) is 14.4 Å². The van der Waals surface area contributed by atoms with Crippen molar-refractivity contribution >= 4 is 23.9 Å². The predicted molar refractivity (Wildman–Crippen MR) is 94.1 cm³/mol. The Bertz CT molecular complexity index is 706. The highest BCUT2D eigenvalue weighted by Gasteiger charge is 2.54. The van der Waals surface area contributed by atoms with E-state index in [2.05, 4.69) is 5.32 Å². The van der Waals surface area contributed by atoms with Crippen LogP contribution in [0.4, 0.5) is 5.69 Å². The Hall–Kier alpha value is -2.17. The minimum atomic E-state index is -0.638. The minimum absolute atomic E-state index is 0.0157. The number of aldehydes is 1. The third-order valence-corrected chi connectivity index (χ3v) is 5.24. The lowest BCUT2D eigenvalue weighted by Crippen LogP contribution is -2.32. The summed E-state index contributed by atoms with van der Waals surface area (Å²) in [5.74, 6) is -0.476. The average molecular weight is 343 g/mol. The molecule has 1 N–H and O–H groups in total. The number of fused-ring (bicyclic) bond motifs is 2. The highest BCUT2D eigenvalue weighted by molar-refractivity contribution is 6.06. The van der Waals surface area contributed by atoms with Crippen LogP contribution in [-0.2, 0) is 24.5 Å². The molecule has 3 rings (SSSR count). The van der Waals surface area contributed by atoms with Gasteiger partial charge < -0.3 is 14.8 Å². The fourth-order valence-electron chi connectivity index (χ4n) is 4.20. The van der Waals surface area contributed by atoms with Gasteiger partial charge in [-0.05, 0) is 57.6 Å². The summed E-state index contributed by atoms with van der Waals surface area (Å²) in [4.78, 5) is 36.3. The molecule has 3 atom stereocenters. The Morgan fingerprint density at radius 1 is 1.32 bits per heavy atom. The van der Waals surface area contributed by atoms with Gasteiger partial charge in [-0.1, -0.05) is 18.2 Å². The molecule has 0 aromatic heterocycles. The maximum Gasteiger partial charge on any atom is 0.306 e. The number of ether oxygens (including phenoxy) is 1. The molecule has 25 heavy (non-hydrogen) atoms. The SMILES string of the molecule is CC(C)(C)OC(=O)CCC1C[C@]2(C[C@H]1C=O)C(=O)Nc1ccccc12. The normalized spacial score (nSPS) is 27.9. The molecule has 134 valence electrons. The number of hydrogen-bond donors (Lipinski definition) is 1. The van der Waals surface area contributed by atoms with Gasteiger partial charge in [0.25, 0.3) is 0 Å². The van der Waals surface area contributed by atoms with Gasteiger partial charge >= 0.3 is 5.97 Å². The molecule has 1 aromatic carbocycles. The number of carbonyl (C=O) groups excluding carboxylic acids is 3. The molecular weight excluding hydrogens is 318 g/mol. The van der Waals surface area contributed by atoms with Crippen molar-refractivity contribution in [1.82, 2.24) is 0 Å². The van der Waals surface area contributed by atoms with E-state index in [1.165, 1.54) is 0 Å². The number of para-hydroxylation sites is 1. The number of rotatable bonds is 4. The van der Waals surface area contributed by atoms with E-state index >= 15 is 0 Å². The Morgan fingerprint density at radius 2 is 2.04 bits per heavy atom. The summed E-state index contributed by atoms with van der Waals surface area (Å²) in [6.45, 7) is 5.51. The van der Waals surface area contributed by atoms with Crippen molar-refractivity contribution in [3.05, 3.63) is 29.8 Å². The van der Waals surface area contributed by atoms with Crippen molar-refractivity contribution in [2.24, 2.45) is 11.8 Å². The Labute approximate surface area is 148 Å². The van der Waals surface area contributed by atoms with Crippen LogP contribution in [0.1, 0.15) is 52.0 Å².